The lowest BCUT2D eigenvalue weighted by molar-refractivity contribution is -0.137. The van der Waals surface area contributed by atoms with Gasteiger partial charge in [0, 0.05) is 35.4 Å². The van der Waals surface area contributed by atoms with Gasteiger partial charge in [-0.2, -0.15) is 24.9 Å². The second kappa shape index (κ2) is 10.0. The largest absolute Gasteiger partial charge is 0.416 e. The average Bonchev–Trinajstić information content (AvgIpc) is 3.66. The van der Waals surface area contributed by atoms with Crippen molar-refractivity contribution in [3.8, 4) is 0 Å². The minimum Gasteiger partial charge on any atom is -0.347 e. The molecule has 2 aromatic rings. The summed E-state index contributed by atoms with van der Waals surface area (Å²) >= 11 is 1.46. The van der Waals surface area contributed by atoms with Crippen molar-refractivity contribution in [3.63, 3.8) is 0 Å². The number of alkyl halides is 3. The second-order valence-electron chi connectivity index (χ2n) is 8.95. The molecule has 1 aliphatic heterocycles. The highest BCUT2D eigenvalue weighted by Gasteiger charge is 2.40. The number of benzene rings is 2. The van der Waals surface area contributed by atoms with Gasteiger partial charge in [-0.3, -0.25) is 9.59 Å². The Balaban J connectivity index is 1.56. The van der Waals surface area contributed by atoms with Crippen molar-refractivity contribution in [1.29, 1.82) is 0 Å². The Morgan fingerprint density at radius 2 is 1.86 bits per heavy atom. The van der Waals surface area contributed by atoms with Crippen LogP contribution in [0.15, 0.2) is 47.4 Å². The molecule has 2 atom stereocenters. The van der Waals surface area contributed by atoms with Crippen LogP contribution in [0.25, 0.3) is 0 Å². The van der Waals surface area contributed by atoms with Gasteiger partial charge >= 0.3 is 6.18 Å². The minimum atomic E-state index is -4.69. The molecule has 2 fully saturated rings. The smallest absolute Gasteiger partial charge is 0.347 e. The predicted molar refractivity (Wildman–Crippen MR) is 127 cm³/mol. The number of hydrogen-bond donors (Lipinski definition) is 1. The fourth-order valence-corrected chi connectivity index (χ4v) is 5.89. The molecule has 4 rings (SSSR count). The van der Waals surface area contributed by atoms with Crippen molar-refractivity contribution >= 4 is 33.4 Å². The third-order valence-corrected chi connectivity index (χ3v) is 8.39. The summed E-state index contributed by atoms with van der Waals surface area (Å²) in [7, 11) is -3.55. The Kier molecular flexibility index (Phi) is 7.38. The van der Waals surface area contributed by atoms with Gasteiger partial charge in [0.2, 0.25) is 5.91 Å². The number of nitrogens with one attached hydrogen (secondary N) is 1. The summed E-state index contributed by atoms with van der Waals surface area (Å²) < 4.78 is 77.4. The zero-order valence-corrected chi connectivity index (χ0v) is 20.9. The van der Waals surface area contributed by atoms with Gasteiger partial charge in [-0.1, -0.05) is 12.1 Å². The summed E-state index contributed by atoms with van der Waals surface area (Å²) in [5, 5.41) is 2.77. The van der Waals surface area contributed by atoms with Gasteiger partial charge in [-0.15, -0.1) is 0 Å². The first-order chi connectivity index (χ1) is 16.9. The van der Waals surface area contributed by atoms with E-state index in [1.807, 2.05) is 0 Å². The molecule has 12 heteroatoms. The predicted octanol–water partition coefficient (Wildman–Crippen LogP) is 4.07. The van der Waals surface area contributed by atoms with Gasteiger partial charge in [0.25, 0.3) is 5.91 Å². The molecular weight excluding hydrogens is 520 g/mol. The van der Waals surface area contributed by atoms with Crippen molar-refractivity contribution in [3.05, 3.63) is 65.0 Å². The van der Waals surface area contributed by atoms with Crippen molar-refractivity contribution in [2.45, 2.75) is 36.0 Å². The number of rotatable bonds is 6. The number of carbonyl (C=O) groups is 2. The molecule has 1 N–H and O–H groups in total. The van der Waals surface area contributed by atoms with Gasteiger partial charge < -0.3 is 10.2 Å². The summed E-state index contributed by atoms with van der Waals surface area (Å²) in [4.78, 5) is 27.9. The number of nitrogens with zero attached hydrogens (tertiary/aromatic N) is 1. The highest BCUT2D eigenvalue weighted by atomic mass is 32.2. The molecule has 1 heterocycles. The van der Waals surface area contributed by atoms with E-state index in [1.54, 1.807) is 0 Å². The lowest BCUT2D eigenvalue weighted by Gasteiger charge is -2.35. The van der Waals surface area contributed by atoms with E-state index in [0.29, 0.717) is 24.7 Å². The molecule has 2 aromatic carbocycles. The first-order valence-corrected chi connectivity index (χ1v) is 14.3. The topological polar surface area (TPSA) is 83.6 Å². The van der Waals surface area contributed by atoms with E-state index in [0.717, 1.165) is 18.4 Å². The quantitative estimate of drug-likeness (QED) is 0.555. The van der Waals surface area contributed by atoms with Crippen LogP contribution in [0.5, 0.6) is 0 Å². The lowest BCUT2D eigenvalue weighted by Crippen LogP contribution is -2.54. The summed E-state index contributed by atoms with van der Waals surface area (Å²) in [6.07, 6.45) is -2.29. The van der Waals surface area contributed by atoms with Crippen LogP contribution in [0.2, 0.25) is 0 Å². The molecule has 1 unspecified atom stereocenters. The normalized spacial score (nSPS) is 19.6. The average molecular weight is 545 g/mol. The summed E-state index contributed by atoms with van der Waals surface area (Å²) in [6.45, 7) is 0.243. The third kappa shape index (κ3) is 5.86. The first kappa shape index (κ1) is 26.5. The molecule has 36 heavy (non-hydrogen) atoms. The Bertz CT molecular complexity index is 1280. The van der Waals surface area contributed by atoms with E-state index >= 15 is 0 Å². The first-order valence-electron chi connectivity index (χ1n) is 11.2. The summed E-state index contributed by atoms with van der Waals surface area (Å²) in [5.41, 5.74) is -1.02. The van der Waals surface area contributed by atoms with E-state index in [9.17, 15) is 35.6 Å². The van der Waals surface area contributed by atoms with E-state index in [1.165, 1.54) is 40.9 Å². The molecule has 0 bridgehead atoms. The van der Waals surface area contributed by atoms with Crippen LogP contribution in [-0.4, -0.2) is 55.5 Å². The molecule has 1 saturated heterocycles. The van der Waals surface area contributed by atoms with Crippen LogP contribution < -0.4 is 5.32 Å². The zero-order chi connectivity index (χ0) is 26.3. The summed E-state index contributed by atoms with van der Waals surface area (Å²) in [6, 6.07) is 6.11. The van der Waals surface area contributed by atoms with Crippen LogP contribution in [0.3, 0.4) is 0 Å². The Morgan fingerprint density at radius 3 is 2.47 bits per heavy atom. The Labute approximate surface area is 210 Å². The van der Waals surface area contributed by atoms with Crippen LogP contribution in [0.1, 0.15) is 40.4 Å². The van der Waals surface area contributed by atoms with Gasteiger partial charge in [-0.25, -0.2) is 12.8 Å². The van der Waals surface area contributed by atoms with Crippen molar-refractivity contribution < 1.29 is 35.6 Å². The Hall–Kier alpha value is -2.60. The molecular formula is C24H24F4N2O4S2. The maximum atomic E-state index is 14.7. The van der Waals surface area contributed by atoms with Crippen molar-refractivity contribution in [2.75, 3.05) is 24.3 Å². The molecule has 0 aromatic heterocycles. The molecule has 0 radical (unpaired) electrons. The van der Waals surface area contributed by atoms with Crippen molar-refractivity contribution in [2.24, 2.45) is 5.92 Å². The molecule has 194 valence electrons. The molecule has 1 aliphatic carbocycles. The lowest BCUT2D eigenvalue weighted by atomic mass is 9.99. The van der Waals surface area contributed by atoms with Gasteiger partial charge in [0.15, 0.2) is 9.84 Å². The number of carbonyl (C=O) groups excluding carboxylic acids is 2. The molecule has 1 saturated carbocycles. The SMILES string of the molecule is CS(=O)(=O)c1cccc(C(=O)N2CCSCC2C(=O)N[C@@H](c2ccc(C(F)(F)F)cc2F)C2CC2)c1. The maximum absolute atomic E-state index is 14.7. The maximum Gasteiger partial charge on any atom is 0.416 e. The fourth-order valence-electron chi connectivity index (χ4n) is 4.17. The van der Waals surface area contributed by atoms with Gasteiger partial charge in [0.05, 0.1) is 16.5 Å². The van der Waals surface area contributed by atoms with Crippen LogP contribution in [0.4, 0.5) is 17.6 Å². The summed E-state index contributed by atoms with van der Waals surface area (Å²) in [5.74, 6) is -1.37. The molecule has 2 aliphatic rings. The highest BCUT2D eigenvalue weighted by molar-refractivity contribution is 7.99. The van der Waals surface area contributed by atoms with Crippen LogP contribution >= 0.6 is 11.8 Å². The van der Waals surface area contributed by atoms with Crippen molar-refractivity contribution in [1.82, 2.24) is 10.2 Å². The number of amides is 2. The third-order valence-electron chi connectivity index (χ3n) is 6.26. The van der Waals surface area contributed by atoms with Gasteiger partial charge in [0.1, 0.15) is 11.9 Å². The minimum absolute atomic E-state index is 0.0210. The Morgan fingerprint density at radius 1 is 1.14 bits per heavy atom. The fraction of sp³-hybridized carbons (Fsp3) is 0.417. The van der Waals surface area contributed by atoms with Gasteiger partial charge in [-0.05, 0) is 49.1 Å². The second-order valence-corrected chi connectivity index (χ2v) is 12.1. The standard InChI is InChI=1S/C24H24F4N2O4S2/c1-36(33,34)17-4-2-3-15(11-17)23(32)30-9-10-35-13-20(30)22(31)29-21(14-5-6-14)18-8-7-16(12-19(18)25)24(26,27)28/h2-4,7-8,11-12,14,20-21H,5-6,9-10,13H2,1H3,(H,29,31)/t20?,21-/m1/s1. The van der Waals surface area contributed by atoms with E-state index in [2.05, 4.69) is 5.32 Å². The molecule has 6 nitrogen and oxygen atoms in total. The number of hydrogen-bond acceptors (Lipinski definition) is 5. The number of halogens is 4. The highest BCUT2D eigenvalue weighted by Crippen LogP contribution is 2.43. The monoisotopic (exact) mass is 544 g/mol. The number of sulfone groups is 1. The zero-order valence-electron chi connectivity index (χ0n) is 19.2. The number of thioether (sulfide) groups is 1. The molecule has 0 spiro atoms. The van der Waals surface area contributed by atoms with E-state index in [4.69, 9.17) is 0 Å². The van der Waals surface area contributed by atoms with E-state index in [-0.39, 0.29) is 34.2 Å². The molecule has 2 amide bonds. The van der Waals surface area contributed by atoms with Crippen LogP contribution in [0, 0.1) is 11.7 Å². The van der Waals surface area contributed by atoms with Crippen LogP contribution in [-0.2, 0) is 20.8 Å². The van der Waals surface area contributed by atoms with E-state index < -0.39 is 51.3 Å².